The third kappa shape index (κ3) is 2.37. The fourth-order valence-corrected chi connectivity index (χ4v) is 12.4. The fourth-order valence-electron chi connectivity index (χ4n) is 9.43. The number of aryl methyl sites for hydroxylation is 2. The molecule has 0 atom stereocenters. The maximum absolute atomic E-state index is 2.43. The first-order chi connectivity index (χ1) is 22.6. The molecule has 2 aliphatic rings. The van der Waals surface area contributed by atoms with Gasteiger partial charge in [-0.1, -0.05) is 84.9 Å². The van der Waals surface area contributed by atoms with Crippen LogP contribution in [0.2, 0.25) is 0 Å². The number of fused-ring (bicyclic) bond motifs is 14. The van der Waals surface area contributed by atoms with Crippen molar-refractivity contribution in [2.24, 2.45) is 0 Å². The van der Waals surface area contributed by atoms with Gasteiger partial charge in [0.25, 0.3) is 0 Å². The molecule has 0 amide bonds. The molecule has 210 valence electrons. The zero-order chi connectivity index (χ0) is 29.7. The number of benzene rings is 7. The molecule has 0 saturated carbocycles. The Kier molecular flexibility index (Phi) is 3.72. The summed E-state index contributed by atoms with van der Waals surface area (Å²) >= 11 is 4.05. The molecule has 0 unspecified atom stereocenters. The smallest absolute Gasteiger partial charge is 0.0549 e. The molecule has 9 aromatic carbocycles. The lowest BCUT2D eigenvalue weighted by atomic mass is 9.99. The van der Waals surface area contributed by atoms with Crippen molar-refractivity contribution >= 4 is 106 Å². The van der Waals surface area contributed by atoms with Crippen LogP contribution in [0.25, 0.3) is 106 Å². The van der Waals surface area contributed by atoms with Crippen LogP contribution in [0.5, 0.6) is 0 Å². The van der Waals surface area contributed by atoms with Crippen LogP contribution in [0.4, 0.5) is 0 Å². The summed E-state index contributed by atoms with van der Waals surface area (Å²) in [6, 6.07) is 37.7. The van der Waals surface area contributed by atoms with E-state index < -0.39 is 0 Å². The highest BCUT2D eigenvalue weighted by molar-refractivity contribution is 7.38. The molecule has 0 fully saturated rings. The van der Waals surface area contributed by atoms with Crippen molar-refractivity contribution in [3.8, 4) is 22.3 Å². The molecule has 0 radical (unpaired) electrons. The maximum atomic E-state index is 2.43. The van der Waals surface area contributed by atoms with Crippen molar-refractivity contribution < 1.29 is 0 Å². The Morgan fingerprint density at radius 2 is 0.826 bits per heavy atom. The molecule has 0 nitrogen and oxygen atoms in total. The minimum Gasteiger partial charge on any atom is -0.133 e. The van der Waals surface area contributed by atoms with Crippen molar-refractivity contribution in [2.75, 3.05) is 0 Å². The van der Waals surface area contributed by atoms with Gasteiger partial charge < -0.3 is 0 Å². The van der Waals surface area contributed by atoms with Gasteiger partial charge in [0.15, 0.2) is 0 Å². The normalized spacial score (nSPS) is 13.4. The molecule has 0 aliphatic heterocycles. The molecule has 2 heterocycles. The van der Waals surface area contributed by atoms with Crippen LogP contribution in [-0.4, -0.2) is 0 Å². The highest BCUT2D eigenvalue weighted by Crippen LogP contribution is 2.58. The highest BCUT2D eigenvalue weighted by Gasteiger charge is 2.29. The minimum absolute atomic E-state index is 1.31. The van der Waals surface area contributed by atoms with Gasteiger partial charge in [-0.15, -0.1) is 22.7 Å². The first-order valence-electron chi connectivity index (χ1n) is 16.1. The van der Waals surface area contributed by atoms with E-state index in [2.05, 4.69) is 111 Å². The Morgan fingerprint density at radius 1 is 0.348 bits per heavy atom. The number of hydrogen-bond donors (Lipinski definition) is 0. The van der Waals surface area contributed by atoms with Crippen LogP contribution in [0.3, 0.4) is 0 Å². The predicted octanol–water partition coefficient (Wildman–Crippen LogP) is 13.1. The Bertz CT molecular complexity index is 3390. The summed E-state index contributed by atoms with van der Waals surface area (Å²) in [5, 5.41) is 22.7. The largest absolute Gasteiger partial charge is 0.133 e. The standard InChI is InChI=1S/C44H22S2/c1-19-15-31-23-7-11-27-37-29(13-9-24(35(23)37)32(31)16-20(19)2)41-39(27)43-44(45-41)40-28-12-8-25-33-17-21-5-3-4-6-22(21)18-34(33)26-10-14-30(42(40)46-43)38(28)36(25)26/h3-18H,1-2H3. The fraction of sp³-hybridized carbons (Fsp3) is 0.0455. The second-order valence-electron chi connectivity index (χ2n) is 13.6. The average Bonchev–Trinajstić information content (AvgIpc) is 3.88. The van der Waals surface area contributed by atoms with Gasteiger partial charge in [0.2, 0.25) is 0 Å². The molecule has 0 bridgehead atoms. The zero-order valence-electron chi connectivity index (χ0n) is 25.1. The van der Waals surface area contributed by atoms with Crippen LogP contribution >= 0.6 is 22.7 Å². The van der Waals surface area contributed by atoms with E-state index in [1.165, 1.54) is 138 Å². The van der Waals surface area contributed by atoms with E-state index in [1.54, 1.807) is 0 Å². The SMILES string of the molecule is Cc1cc2c(cc1C)=c1ccc3c4c1c=2ccc4c1sc2c(sc4c5ccc6c7c(ccc(c75)c42)-c2cc4ccccc4cc2-6)c31. The Balaban J connectivity index is 1.16. The van der Waals surface area contributed by atoms with Crippen LogP contribution < -0.4 is 0 Å². The lowest BCUT2D eigenvalue weighted by Crippen LogP contribution is -1.82. The molecule has 11 aromatic rings. The molecule has 0 spiro atoms. The summed E-state index contributed by atoms with van der Waals surface area (Å²) in [7, 11) is 0. The number of thiophene rings is 2. The van der Waals surface area contributed by atoms with Gasteiger partial charge in [-0.25, -0.2) is 0 Å². The monoisotopic (exact) mass is 614 g/mol. The van der Waals surface area contributed by atoms with Crippen molar-refractivity contribution in [1.82, 2.24) is 0 Å². The van der Waals surface area contributed by atoms with E-state index in [4.69, 9.17) is 0 Å². The van der Waals surface area contributed by atoms with Crippen LogP contribution in [0, 0.1) is 34.7 Å². The van der Waals surface area contributed by atoms with Crippen molar-refractivity contribution in [3.05, 3.63) is 129 Å². The number of hydrogen-bond acceptors (Lipinski definition) is 2. The Hall–Kier alpha value is -5.02. The lowest BCUT2D eigenvalue weighted by molar-refractivity contribution is 1.30. The second kappa shape index (κ2) is 7.34. The predicted molar refractivity (Wildman–Crippen MR) is 200 cm³/mol. The van der Waals surface area contributed by atoms with Crippen molar-refractivity contribution in [3.63, 3.8) is 0 Å². The maximum Gasteiger partial charge on any atom is 0.0549 e. The van der Waals surface area contributed by atoms with E-state index in [9.17, 15) is 0 Å². The first-order valence-corrected chi connectivity index (χ1v) is 17.7. The summed E-state index contributed by atoms with van der Waals surface area (Å²) in [5.74, 6) is 0. The third-order valence-corrected chi connectivity index (χ3v) is 14.2. The van der Waals surface area contributed by atoms with Gasteiger partial charge in [-0.3, -0.25) is 0 Å². The summed E-state index contributed by atoms with van der Waals surface area (Å²) in [6.07, 6.45) is 0. The lowest BCUT2D eigenvalue weighted by Gasteiger charge is -2.05. The molecule has 0 N–H and O–H groups in total. The molecular formula is C44H22S2. The van der Waals surface area contributed by atoms with E-state index in [1.807, 2.05) is 22.7 Å². The van der Waals surface area contributed by atoms with Crippen LogP contribution in [0.1, 0.15) is 11.1 Å². The average molecular weight is 615 g/mol. The summed E-state index contributed by atoms with van der Waals surface area (Å²) in [6.45, 7) is 4.48. The van der Waals surface area contributed by atoms with Gasteiger partial charge in [0, 0.05) is 30.9 Å². The summed E-state index contributed by atoms with van der Waals surface area (Å²) < 4.78 is 5.85. The topological polar surface area (TPSA) is 0 Å². The van der Waals surface area contributed by atoms with E-state index in [0.29, 0.717) is 0 Å². The van der Waals surface area contributed by atoms with Crippen molar-refractivity contribution in [1.29, 1.82) is 0 Å². The zero-order valence-corrected chi connectivity index (χ0v) is 26.7. The number of rotatable bonds is 0. The summed E-state index contributed by atoms with van der Waals surface area (Å²) in [4.78, 5) is 0. The van der Waals surface area contributed by atoms with Gasteiger partial charge in [-0.05, 0) is 123 Å². The molecule has 2 aromatic heterocycles. The van der Waals surface area contributed by atoms with E-state index in [0.717, 1.165) is 0 Å². The third-order valence-electron chi connectivity index (χ3n) is 11.6. The Morgan fingerprint density at radius 3 is 1.39 bits per heavy atom. The quantitative estimate of drug-likeness (QED) is 0.159. The first kappa shape index (κ1) is 23.3. The highest BCUT2D eigenvalue weighted by atomic mass is 32.1. The minimum atomic E-state index is 1.31. The second-order valence-corrected chi connectivity index (χ2v) is 15.7. The summed E-state index contributed by atoms with van der Waals surface area (Å²) in [5.41, 5.74) is 8.27. The van der Waals surface area contributed by atoms with E-state index in [-0.39, 0.29) is 0 Å². The van der Waals surface area contributed by atoms with Gasteiger partial charge in [-0.2, -0.15) is 0 Å². The van der Waals surface area contributed by atoms with Gasteiger partial charge in [0.1, 0.15) is 0 Å². The van der Waals surface area contributed by atoms with E-state index >= 15 is 0 Å². The van der Waals surface area contributed by atoms with Gasteiger partial charge >= 0.3 is 0 Å². The molecule has 46 heavy (non-hydrogen) atoms. The van der Waals surface area contributed by atoms with Crippen LogP contribution in [-0.2, 0) is 0 Å². The molecule has 2 heteroatoms. The molecule has 2 aliphatic carbocycles. The molecule has 0 saturated heterocycles. The molecular weight excluding hydrogens is 593 g/mol. The van der Waals surface area contributed by atoms with Gasteiger partial charge in [0.05, 0.1) is 9.40 Å². The van der Waals surface area contributed by atoms with Crippen LogP contribution in [0.15, 0.2) is 97.1 Å². The Labute approximate surface area is 270 Å². The van der Waals surface area contributed by atoms with Crippen molar-refractivity contribution in [2.45, 2.75) is 13.8 Å². The molecule has 13 rings (SSSR count).